The van der Waals surface area contributed by atoms with E-state index in [0.29, 0.717) is 23.2 Å². The number of aromatic nitrogens is 2. The number of hydrogen-bond acceptors (Lipinski definition) is 4. The molecular weight excluding hydrogens is 278 g/mol. The third-order valence-corrected chi connectivity index (χ3v) is 3.62. The highest BCUT2D eigenvalue weighted by Crippen LogP contribution is 2.31. The Morgan fingerprint density at radius 1 is 1.45 bits per heavy atom. The molecule has 106 valence electrons. The zero-order valence-electron chi connectivity index (χ0n) is 11.2. The first kappa shape index (κ1) is 13.3. The van der Waals surface area contributed by atoms with E-state index < -0.39 is 0 Å². The highest BCUT2D eigenvalue weighted by Gasteiger charge is 2.18. The predicted molar refractivity (Wildman–Crippen MR) is 77.9 cm³/mol. The van der Waals surface area contributed by atoms with Crippen molar-refractivity contribution >= 4 is 17.4 Å². The lowest BCUT2D eigenvalue weighted by Gasteiger charge is -2.13. The molecule has 1 aromatic carbocycles. The Bertz CT molecular complexity index is 601. The van der Waals surface area contributed by atoms with Gasteiger partial charge in [0.2, 0.25) is 0 Å². The van der Waals surface area contributed by atoms with Gasteiger partial charge in [-0.15, -0.1) is 0 Å². The smallest absolute Gasteiger partial charge is 0.138 e. The molecule has 1 aromatic heterocycles. The van der Waals surface area contributed by atoms with Gasteiger partial charge < -0.3 is 15.2 Å². The highest BCUT2D eigenvalue weighted by molar-refractivity contribution is 6.32. The van der Waals surface area contributed by atoms with Crippen LogP contribution in [0.2, 0.25) is 5.02 Å². The number of nitrogens with two attached hydrogens (primary N) is 1. The minimum atomic E-state index is 0.0869. The van der Waals surface area contributed by atoms with Crippen molar-refractivity contribution in [3.8, 4) is 17.0 Å². The van der Waals surface area contributed by atoms with Crippen LogP contribution >= 0.6 is 11.6 Å². The summed E-state index contributed by atoms with van der Waals surface area (Å²) in [6.07, 6.45) is 0.985. The number of ether oxygens (including phenoxy) is 2. The Hall–Kier alpha value is -1.72. The van der Waals surface area contributed by atoms with Crippen LogP contribution in [0.1, 0.15) is 6.42 Å². The van der Waals surface area contributed by atoms with E-state index >= 15 is 0 Å². The fourth-order valence-corrected chi connectivity index (χ4v) is 2.39. The minimum Gasteiger partial charge on any atom is -0.486 e. The number of rotatable bonds is 3. The van der Waals surface area contributed by atoms with Crippen LogP contribution < -0.4 is 10.5 Å². The van der Waals surface area contributed by atoms with Gasteiger partial charge in [-0.1, -0.05) is 11.6 Å². The van der Waals surface area contributed by atoms with Gasteiger partial charge in [-0.05, 0) is 18.2 Å². The van der Waals surface area contributed by atoms with Crippen LogP contribution in [0.25, 0.3) is 11.3 Å². The summed E-state index contributed by atoms with van der Waals surface area (Å²) in [6, 6.07) is 7.45. The average molecular weight is 294 g/mol. The summed E-state index contributed by atoms with van der Waals surface area (Å²) < 4.78 is 12.7. The molecule has 0 bridgehead atoms. The lowest BCUT2D eigenvalue weighted by molar-refractivity contribution is 0.141. The zero-order valence-corrected chi connectivity index (χ0v) is 11.9. The molecular formula is C14H16ClN3O2. The number of anilines is 1. The number of benzene rings is 1. The van der Waals surface area contributed by atoms with E-state index in [2.05, 4.69) is 5.10 Å². The molecule has 2 N–H and O–H groups in total. The summed E-state index contributed by atoms with van der Waals surface area (Å²) in [6.45, 7) is 1.36. The number of nitrogen functional groups attached to an aromatic ring is 1. The molecule has 1 atom stereocenters. The van der Waals surface area contributed by atoms with Crippen LogP contribution in [0.15, 0.2) is 24.3 Å². The van der Waals surface area contributed by atoms with Gasteiger partial charge in [-0.2, -0.15) is 5.10 Å². The molecule has 1 fully saturated rings. The van der Waals surface area contributed by atoms with E-state index in [9.17, 15) is 0 Å². The lowest BCUT2D eigenvalue weighted by atomic mass is 10.1. The maximum atomic E-state index is 6.27. The average Bonchev–Trinajstić information content (AvgIpc) is 3.03. The molecule has 2 heterocycles. The summed E-state index contributed by atoms with van der Waals surface area (Å²) in [7, 11) is 1.80. The Morgan fingerprint density at radius 3 is 2.90 bits per heavy atom. The number of hydrogen-bond donors (Lipinski definition) is 1. The van der Waals surface area contributed by atoms with Crippen molar-refractivity contribution in [1.29, 1.82) is 0 Å². The van der Waals surface area contributed by atoms with Gasteiger partial charge in [0.05, 0.1) is 23.9 Å². The maximum absolute atomic E-state index is 6.27. The van der Waals surface area contributed by atoms with Crippen LogP contribution in [0.5, 0.6) is 5.75 Å². The molecule has 0 radical (unpaired) electrons. The van der Waals surface area contributed by atoms with Gasteiger partial charge in [-0.3, -0.25) is 4.68 Å². The van der Waals surface area contributed by atoms with Crippen LogP contribution in [0.4, 0.5) is 5.82 Å². The minimum absolute atomic E-state index is 0.0869. The monoisotopic (exact) mass is 293 g/mol. The van der Waals surface area contributed by atoms with Crippen LogP contribution in [-0.2, 0) is 11.8 Å². The van der Waals surface area contributed by atoms with E-state index in [-0.39, 0.29) is 6.10 Å². The van der Waals surface area contributed by atoms with Crippen molar-refractivity contribution in [1.82, 2.24) is 9.78 Å². The van der Waals surface area contributed by atoms with Crippen LogP contribution in [-0.4, -0.2) is 29.1 Å². The van der Waals surface area contributed by atoms with Gasteiger partial charge in [0, 0.05) is 25.1 Å². The van der Waals surface area contributed by atoms with Crippen molar-refractivity contribution in [2.75, 3.05) is 18.9 Å². The van der Waals surface area contributed by atoms with E-state index in [4.69, 9.17) is 26.8 Å². The Balaban J connectivity index is 1.83. The van der Waals surface area contributed by atoms with E-state index in [1.807, 2.05) is 24.3 Å². The summed E-state index contributed by atoms with van der Waals surface area (Å²) in [4.78, 5) is 0. The fraction of sp³-hybridized carbons (Fsp3) is 0.357. The number of aryl methyl sites for hydroxylation is 1. The van der Waals surface area contributed by atoms with Gasteiger partial charge in [0.1, 0.15) is 17.7 Å². The fourth-order valence-electron chi connectivity index (χ4n) is 2.16. The first-order valence-corrected chi connectivity index (χ1v) is 6.85. The van der Waals surface area contributed by atoms with Crippen molar-refractivity contribution in [2.24, 2.45) is 7.05 Å². The summed E-state index contributed by atoms with van der Waals surface area (Å²) in [5.74, 6) is 1.29. The van der Waals surface area contributed by atoms with Gasteiger partial charge in [0.15, 0.2) is 0 Å². The number of halogens is 1. The molecule has 3 rings (SSSR count). The van der Waals surface area contributed by atoms with E-state index in [1.54, 1.807) is 11.7 Å². The molecule has 1 saturated heterocycles. The van der Waals surface area contributed by atoms with Crippen molar-refractivity contribution < 1.29 is 9.47 Å². The van der Waals surface area contributed by atoms with Gasteiger partial charge in [-0.25, -0.2) is 0 Å². The third kappa shape index (κ3) is 2.59. The second-order valence-electron chi connectivity index (χ2n) is 4.83. The maximum Gasteiger partial charge on any atom is 0.138 e. The Labute approximate surface area is 122 Å². The predicted octanol–water partition coefficient (Wildman–Crippen LogP) is 2.49. The molecule has 0 amide bonds. The number of nitrogens with zero attached hydrogens (tertiary/aromatic N) is 2. The molecule has 0 aliphatic carbocycles. The normalized spacial score (nSPS) is 18.4. The molecule has 1 unspecified atom stereocenters. The molecule has 20 heavy (non-hydrogen) atoms. The quantitative estimate of drug-likeness (QED) is 0.944. The Morgan fingerprint density at radius 2 is 2.30 bits per heavy atom. The van der Waals surface area contributed by atoms with Crippen LogP contribution in [0.3, 0.4) is 0 Å². The molecule has 6 heteroatoms. The Kier molecular flexibility index (Phi) is 3.54. The SMILES string of the molecule is Cn1nc(-c2ccc(OC3CCOC3)c(Cl)c2)cc1N. The first-order valence-electron chi connectivity index (χ1n) is 6.47. The summed E-state index contributed by atoms with van der Waals surface area (Å²) >= 11 is 6.27. The van der Waals surface area contributed by atoms with Crippen molar-refractivity contribution in [3.63, 3.8) is 0 Å². The molecule has 0 saturated carbocycles. The van der Waals surface area contributed by atoms with E-state index in [0.717, 1.165) is 24.3 Å². The highest BCUT2D eigenvalue weighted by atomic mass is 35.5. The molecule has 1 aliphatic rings. The van der Waals surface area contributed by atoms with Crippen LogP contribution in [0, 0.1) is 0 Å². The van der Waals surface area contributed by atoms with E-state index in [1.165, 1.54) is 0 Å². The lowest BCUT2D eigenvalue weighted by Crippen LogP contribution is -2.15. The second-order valence-corrected chi connectivity index (χ2v) is 5.23. The van der Waals surface area contributed by atoms with Gasteiger partial charge in [0.25, 0.3) is 0 Å². The second kappa shape index (κ2) is 5.34. The molecule has 5 nitrogen and oxygen atoms in total. The third-order valence-electron chi connectivity index (χ3n) is 3.33. The summed E-state index contributed by atoms with van der Waals surface area (Å²) in [5.41, 5.74) is 7.49. The van der Waals surface area contributed by atoms with Crippen molar-refractivity contribution in [3.05, 3.63) is 29.3 Å². The zero-order chi connectivity index (χ0) is 14.1. The standard InChI is InChI=1S/C14H16ClN3O2/c1-18-14(16)7-12(17-18)9-2-3-13(11(15)6-9)20-10-4-5-19-8-10/h2-3,6-7,10H,4-5,8,16H2,1H3. The van der Waals surface area contributed by atoms with Gasteiger partial charge >= 0.3 is 0 Å². The summed E-state index contributed by atoms with van der Waals surface area (Å²) in [5, 5.41) is 4.89. The molecule has 0 spiro atoms. The van der Waals surface area contributed by atoms with Crippen molar-refractivity contribution in [2.45, 2.75) is 12.5 Å². The first-order chi connectivity index (χ1) is 9.63. The largest absolute Gasteiger partial charge is 0.486 e. The molecule has 1 aliphatic heterocycles. The topological polar surface area (TPSA) is 62.3 Å². The molecule has 2 aromatic rings.